The van der Waals surface area contributed by atoms with Crippen molar-refractivity contribution in [1.82, 2.24) is 4.98 Å². The fourth-order valence-corrected chi connectivity index (χ4v) is 1.87. The van der Waals surface area contributed by atoms with Crippen molar-refractivity contribution in [2.75, 3.05) is 0 Å². The number of hydrogen-bond acceptors (Lipinski definition) is 2. The van der Waals surface area contributed by atoms with Crippen molar-refractivity contribution >= 4 is 0 Å². The largest absolute Gasteiger partial charge is 0.416 e. The zero-order valence-electron chi connectivity index (χ0n) is 8.97. The quantitative estimate of drug-likeness (QED) is 0.806. The van der Waals surface area contributed by atoms with Crippen LogP contribution in [0.4, 0.5) is 13.2 Å². The van der Waals surface area contributed by atoms with E-state index >= 15 is 0 Å². The molecule has 0 saturated heterocycles. The Bertz CT molecular complexity index is 427. The molecule has 88 valence electrons. The molecule has 2 rings (SSSR count). The molecule has 5 heteroatoms. The summed E-state index contributed by atoms with van der Waals surface area (Å²) in [4.78, 5) is 3.83. The minimum Gasteiger partial charge on any atom is -0.383 e. The van der Waals surface area contributed by atoms with Gasteiger partial charge in [-0.15, -0.1) is 0 Å². The Morgan fingerprint density at radius 2 is 1.94 bits per heavy atom. The molecule has 0 aliphatic heterocycles. The number of rotatable bonds is 1. The van der Waals surface area contributed by atoms with Crippen LogP contribution in [0.3, 0.4) is 0 Å². The number of halogens is 3. The van der Waals surface area contributed by atoms with E-state index in [9.17, 15) is 18.3 Å². The lowest BCUT2D eigenvalue weighted by Crippen LogP contribution is -2.16. The molecule has 0 aromatic carbocycles. The first-order valence-electron chi connectivity index (χ1n) is 4.93. The van der Waals surface area contributed by atoms with Crippen LogP contribution in [0.25, 0.3) is 0 Å². The number of aromatic nitrogens is 1. The molecule has 0 bridgehead atoms. The van der Waals surface area contributed by atoms with Crippen LogP contribution in [-0.4, -0.2) is 10.1 Å². The number of pyridine rings is 1. The van der Waals surface area contributed by atoms with Gasteiger partial charge in [-0.2, -0.15) is 13.2 Å². The molecule has 1 aliphatic carbocycles. The molecular weight excluding hydrogens is 219 g/mol. The van der Waals surface area contributed by atoms with E-state index in [-0.39, 0.29) is 5.69 Å². The molecule has 1 aromatic rings. The molecule has 1 aromatic heterocycles. The van der Waals surface area contributed by atoms with Gasteiger partial charge in [0.05, 0.1) is 11.3 Å². The lowest BCUT2D eigenvalue weighted by molar-refractivity contribution is -0.137. The van der Waals surface area contributed by atoms with Gasteiger partial charge in [0.25, 0.3) is 0 Å². The molecule has 0 spiro atoms. The maximum Gasteiger partial charge on any atom is 0.416 e. The normalized spacial score (nSPS) is 27.9. The van der Waals surface area contributed by atoms with E-state index in [1.54, 1.807) is 13.8 Å². The zero-order chi connectivity index (χ0) is 12.2. The first kappa shape index (κ1) is 11.4. The fourth-order valence-electron chi connectivity index (χ4n) is 1.87. The highest BCUT2D eigenvalue weighted by Gasteiger charge is 2.62. The predicted molar refractivity (Wildman–Crippen MR) is 51.5 cm³/mol. The first-order chi connectivity index (χ1) is 7.17. The van der Waals surface area contributed by atoms with Gasteiger partial charge >= 0.3 is 6.18 Å². The number of alkyl halides is 3. The number of nitrogens with zero attached hydrogens (tertiary/aromatic N) is 1. The second-order valence-electron chi connectivity index (χ2n) is 4.85. The third kappa shape index (κ3) is 1.59. The fraction of sp³-hybridized carbons (Fsp3) is 0.545. The van der Waals surface area contributed by atoms with E-state index in [0.29, 0.717) is 6.42 Å². The minimum atomic E-state index is -4.40. The summed E-state index contributed by atoms with van der Waals surface area (Å²) in [5.74, 6) is 0. The molecular formula is C11H12F3NO. The van der Waals surface area contributed by atoms with Crippen molar-refractivity contribution in [3.8, 4) is 0 Å². The number of aliphatic hydroxyl groups is 1. The van der Waals surface area contributed by atoms with E-state index in [2.05, 4.69) is 4.98 Å². The van der Waals surface area contributed by atoms with E-state index in [1.165, 1.54) is 0 Å². The summed E-state index contributed by atoms with van der Waals surface area (Å²) < 4.78 is 37.4. The Labute approximate surface area is 91.1 Å². The molecule has 1 saturated carbocycles. The molecule has 1 aliphatic rings. The van der Waals surface area contributed by atoms with Gasteiger partial charge in [-0.3, -0.25) is 4.98 Å². The van der Waals surface area contributed by atoms with E-state index < -0.39 is 22.8 Å². The van der Waals surface area contributed by atoms with Crippen molar-refractivity contribution in [1.29, 1.82) is 0 Å². The van der Waals surface area contributed by atoms with Crippen LogP contribution in [-0.2, 0) is 11.8 Å². The summed E-state index contributed by atoms with van der Waals surface area (Å²) in [6.45, 7) is 3.60. The molecule has 16 heavy (non-hydrogen) atoms. The van der Waals surface area contributed by atoms with Gasteiger partial charge < -0.3 is 5.11 Å². The molecule has 2 nitrogen and oxygen atoms in total. The van der Waals surface area contributed by atoms with Crippen molar-refractivity contribution in [2.24, 2.45) is 5.41 Å². The van der Waals surface area contributed by atoms with Crippen LogP contribution >= 0.6 is 0 Å². The van der Waals surface area contributed by atoms with Gasteiger partial charge in [0.15, 0.2) is 0 Å². The van der Waals surface area contributed by atoms with Crippen LogP contribution in [0.2, 0.25) is 0 Å². The Morgan fingerprint density at radius 3 is 2.38 bits per heavy atom. The highest BCUT2D eigenvalue weighted by molar-refractivity contribution is 5.31. The Balaban J connectivity index is 2.39. The maximum absolute atomic E-state index is 12.5. The molecule has 1 heterocycles. The molecule has 1 atom stereocenters. The monoisotopic (exact) mass is 231 g/mol. The van der Waals surface area contributed by atoms with Crippen molar-refractivity contribution in [3.05, 3.63) is 29.6 Å². The SMILES string of the molecule is CC1(C)CC1(O)c1cc(C(F)(F)F)ccn1. The zero-order valence-corrected chi connectivity index (χ0v) is 8.97. The molecule has 1 fully saturated rings. The molecule has 0 radical (unpaired) electrons. The van der Waals surface area contributed by atoms with Gasteiger partial charge in [0, 0.05) is 11.6 Å². The van der Waals surface area contributed by atoms with Crippen LogP contribution in [0.1, 0.15) is 31.5 Å². The summed E-state index contributed by atoms with van der Waals surface area (Å²) in [5, 5.41) is 10.1. The average Bonchev–Trinajstić information content (AvgIpc) is 2.66. The summed E-state index contributed by atoms with van der Waals surface area (Å²) >= 11 is 0. The Hall–Kier alpha value is -1.10. The minimum absolute atomic E-state index is 0.104. The van der Waals surface area contributed by atoms with Crippen molar-refractivity contribution in [2.45, 2.75) is 32.0 Å². The molecule has 1 unspecified atom stereocenters. The van der Waals surface area contributed by atoms with E-state index in [0.717, 1.165) is 18.3 Å². The number of hydrogen-bond donors (Lipinski definition) is 1. The maximum atomic E-state index is 12.5. The predicted octanol–water partition coefficient (Wildman–Crippen LogP) is 2.72. The van der Waals surface area contributed by atoms with Crippen LogP contribution in [0.15, 0.2) is 18.3 Å². The summed E-state index contributed by atoms with van der Waals surface area (Å²) in [6.07, 6.45) is -2.87. The summed E-state index contributed by atoms with van der Waals surface area (Å²) in [6, 6.07) is 1.83. The van der Waals surface area contributed by atoms with Crippen LogP contribution < -0.4 is 0 Å². The smallest absolute Gasteiger partial charge is 0.383 e. The van der Waals surface area contributed by atoms with Crippen LogP contribution in [0.5, 0.6) is 0 Å². The van der Waals surface area contributed by atoms with Gasteiger partial charge in [-0.25, -0.2) is 0 Å². The Morgan fingerprint density at radius 1 is 1.38 bits per heavy atom. The molecule has 1 N–H and O–H groups in total. The molecule has 0 amide bonds. The van der Waals surface area contributed by atoms with Gasteiger partial charge in [-0.05, 0) is 18.6 Å². The van der Waals surface area contributed by atoms with Gasteiger partial charge in [-0.1, -0.05) is 13.8 Å². The third-order valence-electron chi connectivity index (χ3n) is 3.20. The van der Waals surface area contributed by atoms with E-state index in [1.807, 2.05) is 0 Å². The van der Waals surface area contributed by atoms with Crippen molar-refractivity contribution < 1.29 is 18.3 Å². The lowest BCUT2D eigenvalue weighted by Gasteiger charge is -2.15. The Kier molecular flexibility index (Phi) is 2.11. The average molecular weight is 231 g/mol. The second kappa shape index (κ2) is 2.97. The highest BCUT2D eigenvalue weighted by Crippen LogP contribution is 2.61. The lowest BCUT2D eigenvalue weighted by atomic mass is 10.0. The van der Waals surface area contributed by atoms with Crippen LogP contribution in [0, 0.1) is 5.41 Å². The van der Waals surface area contributed by atoms with Gasteiger partial charge in [0.1, 0.15) is 5.60 Å². The first-order valence-corrected chi connectivity index (χ1v) is 4.93. The standard InChI is InChI=1S/C11H12F3NO/c1-9(2)6-10(9,16)8-5-7(3-4-15-8)11(12,13)14/h3-5,16H,6H2,1-2H3. The third-order valence-corrected chi connectivity index (χ3v) is 3.20. The summed E-state index contributed by atoms with van der Waals surface area (Å²) in [5.41, 5.74) is -2.28. The highest BCUT2D eigenvalue weighted by atomic mass is 19.4. The topological polar surface area (TPSA) is 33.1 Å². The van der Waals surface area contributed by atoms with E-state index in [4.69, 9.17) is 0 Å². The van der Waals surface area contributed by atoms with Gasteiger partial charge in [0.2, 0.25) is 0 Å². The second-order valence-corrected chi connectivity index (χ2v) is 4.85. The van der Waals surface area contributed by atoms with Crippen molar-refractivity contribution in [3.63, 3.8) is 0 Å². The summed E-state index contributed by atoms with van der Waals surface area (Å²) in [7, 11) is 0.